The van der Waals surface area contributed by atoms with Gasteiger partial charge in [0.05, 0.1) is 17.7 Å². The molecule has 3 unspecified atom stereocenters. The van der Waals surface area contributed by atoms with E-state index in [4.69, 9.17) is 9.47 Å². The molecule has 1 N–H and O–H groups in total. The van der Waals surface area contributed by atoms with E-state index in [9.17, 15) is 14.7 Å². The van der Waals surface area contributed by atoms with Crippen LogP contribution in [0.1, 0.15) is 118 Å². The van der Waals surface area contributed by atoms with Crippen molar-refractivity contribution in [2.45, 2.75) is 105 Å². The number of methoxy groups -OCH3 is 1. The molecule has 0 aliphatic carbocycles. The van der Waals surface area contributed by atoms with E-state index in [1.54, 1.807) is 20.1 Å². The predicted molar refractivity (Wildman–Crippen MR) is 134 cm³/mol. The number of hydrogen-bond acceptors (Lipinski definition) is 4. The van der Waals surface area contributed by atoms with E-state index in [0.29, 0.717) is 18.3 Å². The number of carboxylic acids is 1. The third-order valence-electron chi connectivity index (χ3n) is 6.64. The monoisotopic (exact) mass is 462 g/mol. The Balaban J connectivity index is 3.53. The molecule has 0 aliphatic heterocycles. The van der Waals surface area contributed by atoms with Crippen molar-refractivity contribution in [3.8, 4) is 0 Å². The highest BCUT2D eigenvalue weighted by Crippen LogP contribution is 2.30. The second-order valence-electron chi connectivity index (χ2n) is 9.34. The summed E-state index contributed by atoms with van der Waals surface area (Å²) in [5.41, 5.74) is 2.25. The van der Waals surface area contributed by atoms with E-state index in [-0.39, 0.29) is 17.7 Å². The Kier molecular flexibility index (Phi) is 14.0. The molecule has 0 aliphatic rings. The van der Waals surface area contributed by atoms with Crippen molar-refractivity contribution in [2.75, 3.05) is 13.7 Å². The number of hydrogen-bond donors (Lipinski definition) is 1. The topological polar surface area (TPSA) is 72.8 Å². The summed E-state index contributed by atoms with van der Waals surface area (Å²) in [5, 5.41) is 9.91. The van der Waals surface area contributed by atoms with Gasteiger partial charge >= 0.3 is 11.9 Å². The molecule has 5 nitrogen and oxygen atoms in total. The molecule has 33 heavy (non-hydrogen) atoms. The van der Waals surface area contributed by atoms with Gasteiger partial charge in [0.1, 0.15) is 6.10 Å². The first-order valence-corrected chi connectivity index (χ1v) is 12.9. The van der Waals surface area contributed by atoms with Crippen LogP contribution in [-0.2, 0) is 22.3 Å². The fraction of sp³-hybridized carbons (Fsp3) is 0.714. The average Bonchev–Trinajstić information content (AvgIpc) is 2.79. The SMILES string of the molecule is CCCCC(CC)Cc1ccc(C(=O)O)c(C(=O)OC(C)COC)c1CC(CC)CCCC. The zero-order valence-electron chi connectivity index (χ0n) is 21.7. The minimum absolute atomic E-state index is 0.0373. The highest BCUT2D eigenvalue weighted by atomic mass is 16.6. The van der Waals surface area contributed by atoms with Crippen LogP contribution >= 0.6 is 0 Å². The first-order chi connectivity index (χ1) is 15.8. The molecule has 0 heterocycles. The molecule has 0 saturated heterocycles. The van der Waals surface area contributed by atoms with Crippen LogP contribution in [0.3, 0.4) is 0 Å². The molecular weight excluding hydrogens is 416 g/mol. The Labute approximate surface area is 201 Å². The minimum Gasteiger partial charge on any atom is -0.478 e. The second-order valence-corrected chi connectivity index (χ2v) is 9.34. The molecule has 0 amide bonds. The van der Waals surface area contributed by atoms with Gasteiger partial charge in [0.25, 0.3) is 0 Å². The third kappa shape index (κ3) is 9.48. The smallest absolute Gasteiger partial charge is 0.339 e. The van der Waals surface area contributed by atoms with E-state index in [2.05, 4.69) is 27.7 Å². The highest BCUT2D eigenvalue weighted by Gasteiger charge is 2.27. The van der Waals surface area contributed by atoms with Crippen molar-refractivity contribution in [3.05, 3.63) is 34.4 Å². The van der Waals surface area contributed by atoms with Gasteiger partial charge in [-0.05, 0) is 48.8 Å². The van der Waals surface area contributed by atoms with E-state index in [0.717, 1.165) is 62.5 Å². The molecular formula is C28H46O5. The van der Waals surface area contributed by atoms with Crippen molar-refractivity contribution in [1.29, 1.82) is 0 Å². The minimum atomic E-state index is -1.09. The van der Waals surface area contributed by atoms with Crippen LogP contribution in [0.4, 0.5) is 0 Å². The molecule has 0 radical (unpaired) electrons. The Morgan fingerprint density at radius 2 is 1.52 bits per heavy atom. The number of carboxylic acid groups (broad SMARTS) is 1. The molecule has 3 atom stereocenters. The maximum absolute atomic E-state index is 13.3. The van der Waals surface area contributed by atoms with Gasteiger partial charge in [-0.3, -0.25) is 0 Å². The summed E-state index contributed by atoms with van der Waals surface area (Å²) in [6.07, 6.45) is 10.00. The summed E-state index contributed by atoms with van der Waals surface area (Å²) in [6, 6.07) is 3.54. The van der Waals surface area contributed by atoms with Gasteiger partial charge in [-0.25, -0.2) is 9.59 Å². The fourth-order valence-electron chi connectivity index (χ4n) is 4.52. The summed E-state index contributed by atoms with van der Waals surface area (Å²) >= 11 is 0. The van der Waals surface area contributed by atoms with Gasteiger partial charge in [0, 0.05) is 7.11 Å². The lowest BCUT2D eigenvalue weighted by Gasteiger charge is -2.24. The van der Waals surface area contributed by atoms with Crippen LogP contribution in [0.25, 0.3) is 0 Å². The molecule has 1 aromatic carbocycles. The van der Waals surface area contributed by atoms with Crippen LogP contribution < -0.4 is 0 Å². The van der Waals surface area contributed by atoms with E-state index >= 15 is 0 Å². The Hall–Kier alpha value is -1.88. The van der Waals surface area contributed by atoms with E-state index < -0.39 is 18.0 Å². The lowest BCUT2D eigenvalue weighted by atomic mass is 9.82. The van der Waals surface area contributed by atoms with Gasteiger partial charge < -0.3 is 14.6 Å². The van der Waals surface area contributed by atoms with Gasteiger partial charge in [0.2, 0.25) is 0 Å². The Bertz CT molecular complexity index is 727. The summed E-state index contributed by atoms with van der Waals surface area (Å²) in [7, 11) is 1.56. The third-order valence-corrected chi connectivity index (χ3v) is 6.64. The number of unbranched alkanes of at least 4 members (excludes halogenated alkanes) is 2. The van der Waals surface area contributed by atoms with Crippen LogP contribution in [0, 0.1) is 11.8 Å². The van der Waals surface area contributed by atoms with Gasteiger partial charge in [0.15, 0.2) is 0 Å². The maximum atomic E-state index is 13.3. The standard InChI is InChI=1S/C28H46O5/c1-7-11-13-21(9-3)17-23-15-16-24(27(29)30)26(28(31)33-20(5)19-32-6)25(23)18-22(10-4)14-12-8-2/h15-16,20-22H,7-14,17-19H2,1-6H3,(H,29,30). The largest absolute Gasteiger partial charge is 0.478 e. The van der Waals surface area contributed by atoms with Crippen molar-refractivity contribution in [1.82, 2.24) is 0 Å². The number of carbonyl (C=O) groups is 2. The maximum Gasteiger partial charge on any atom is 0.339 e. The molecule has 188 valence electrons. The number of aromatic carboxylic acids is 1. The van der Waals surface area contributed by atoms with Crippen molar-refractivity contribution >= 4 is 11.9 Å². The van der Waals surface area contributed by atoms with E-state index in [1.165, 1.54) is 6.42 Å². The van der Waals surface area contributed by atoms with Crippen molar-refractivity contribution in [2.24, 2.45) is 11.8 Å². The predicted octanol–water partition coefficient (Wildman–Crippen LogP) is 7.09. The Morgan fingerprint density at radius 3 is 2.00 bits per heavy atom. The van der Waals surface area contributed by atoms with E-state index in [1.807, 2.05) is 6.07 Å². The van der Waals surface area contributed by atoms with Crippen LogP contribution in [0.2, 0.25) is 0 Å². The first kappa shape index (κ1) is 29.2. The van der Waals surface area contributed by atoms with Crippen molar-refractivity contribution in [3.63, 3.8) is 0 Å². The zero-order valence-corrected chi connectivity index (χ0v) is 21.7. The number of esters is 1. The summed E-state index contributed by atoms with van der Waals surface area (Å²) in [4.78, 5) is 25.4. The molecule has 0 aromatic heterocycles. The molecule has 1 aromatic rings. The molecule has 0 saturated carbocycles. The number of benzene rings is 1. The van der Waals surface area contributed by atoms with Crippen LogP contribution in [0.5, 0.6) is 0 Å². The molecule has 5 heteroatoms. The summed E-state index contributed by atoms with van der Waals surface area (Å²) < 4.78 is 10.7. The van der Waals surface area contributed by atoms with Crippen LogP contribution in [0.15, 0.2) is 12.1 Å². The highest BCUT2D eigenvalue weighted by molar-refractivity contribution is 6.04. The fourth-order valence-corrected chi connectivity index (χ4v) is 4.52. The normalized spacial score (nSPS) is 14.0. The van der Waals surface area contributed by atoms with Crippen LogP contribution in [-0.4, -0.2) is 36.9 Å². The number of ether oxygens (including phenoxy) is 2. The molecule has 0 bridgehead atoms. The summed E-state index contributed by atoms with van der Waals surface area (Å²) in [5.74, 6) is -0.715. The van der Waals surface area contributed by atoms with Gasteiger partial charge in [-0.1, -0.05) is 85.1 Å². The molecule has 1 rings (SSSR count). The van der Waals surface area contributed by atoms with Crippen molar-refractivity contribution < 1.29 is 24.2 Å². The number of carbonyl (C=O) groups excluding carboxylic acids is 1. The first-order valence-electron chi connectivity index (χ1n) is 12.9. The zero-order chi connectivity index (χ0) is 24.8. The molecule has 0 spiro atoms. The average molecular weight is 463 g/mol. The molecule has 0 fully saturated rings. The van der Waals surface area contributed by atoms with Gasteiger partial charge in [-0.2, -0.15) is 0 Å². The second kappa shape index (κ2) is 15.9. The lowest BCUT2D eigenvalue weighted by Crippen LogP contribution is -2.24. The summed E-state index contributed by atoms with van der Waals surface area (Å²) in [6.45, 7) is 10.8. The quantitative estimate of drug-likeness (QED) is 0.250. The lowest BCUT2D eigenvalue weighted by molar-refractivity contribution is 0.0115. The Morgan fingerprint density at radius 1 is 0.939 bits per heavy atom. The van der Waals surface area contributed by atoms with Gasteiger partial charge in [-0.15, -0.1) is 0 Å². The number of rotatable bonds is 17.